The van der Waals surface area contributed by atoms with E-state index in [0.29, 0.717) is 12.1 Å². The Hall–Kier alpha value is -2.66. The number of carbonyl (C=O) groups is 2. The number of quaternary nitrogens is 1. The summed E-state index contributed by atoms with van der Waals surface area (Å²) in [6.07, 6.45) is 0. The van der Waals surface area contributed by atoms with Gasteiger partial charge < -0.3 is 15.5 Å². The van der Waals surface area contributed by atoms with Crippen LogP contribution in [0.25, 0.3) is 0 Å². The quantitative estimate of drug-likeness (QED) is 0.695. The number of benzene rings is 2. The van der Waals surface area contributed by atoms with Crippen molar-refractivity contribution in [1.29, 1.82) is 0 Å². The Bertz CT molecular complexity index is 767. The molecule has 0 spiro atoms. The fourth-order valence-corrected chi connectivity index (χ4v) is 2.59. The molecular weight excluding hydrogens is 326 g/mol. The molecule has 0 aliphatic carbocycles. The van der Waals surface area contributed by atoms with Gasteiger partial charge in [0.05, 0.1) is 20.6 Å². The minimum absolute atomic E-state index is 0.0339. The van der Waals surface area contributed by atoms with Crippen molar-refractivity contribution in [3.63, 3.8) is 0 Å². The van der Waals surface area contributed by atoms with E-state index in [-0.39, 0.29) is 18.4 Å². The third-order valence-electron chi connectivity index (χ3n) is 4.25. The molecule has 0 bridgehead atoms. The Morgan fingerprint density at radius 1 is 0.885 bits per heavy atom. The van der Waals surface area contributed by atoms with Crippen molar-refractivity contribution in [1.82, 2.24) is 10.6 Å². The molecule has 138 valence electrons. The molecule has 26 heavy (non-hydrogen) atoms. The fourth-order valence-electron chi connectivity index (χ4n) is 2.59. The van der Waals surface area contributed by atoms with Gasteiger partial charge in [0.15, 0.2) is 0 Å². The molecule has 5 nitrogen and oxygen atoms in total. The van der Waals surface area contributed by atoms with Gasteiger partial charge in [-0.15, -0.1) is 0 Å². The van der Waals surface area contributed by atoms with Crippen LogP contribution >= 0.6 is 0 Å². The van der Waals surface area contributed by atoms with Crippen LogP contribution in [-0.4, -0.2) is 32.5 Å². The van der Waals surface area contributed by atoms with Crippen LogP contribution in [0.4, 0.5) is 0 Å². The predicted octanol–water partition coefficient (Wildman–Crippen LogP) is 0.994. The SMILES string of the molecule is Cc1ccc(C(=O)NCC(=O)NCc2ccc(C[NH+](C)C)cc2)cc1C. The molecule has 2 rings (SSSR count). The van der Waals surface area contributed by atoms with Gasteiger partial charge in [0.1, 0.15) is 6.54 Å². The highest BCUT2D eigenvalue weighted by molar-refractivity contribution is 5.96. The molecule has 0 aromatic heterocycles. The molecular formula is C21H28N3O2+. The molecule has 0 saturated heterocycles. The number of hydrogen-bond donors (Lipinski definition) is 3. The molecule has 0 aliphatic heterocycles. The van der Waals surface area contributed by atoms with Crippen LogP contribution in [0, 0.1) is 13.8 Å². The zero-order valence-electron chi connectivity index (χ0n) is 16.0. The standard InChI is InChI=1S/C21H27N3O2/c1-15-5-10-19(11-16(15)2)21(26)23-13-20(25)22-12-17-6-8-18(9-7-17)14-24(3)4/h5-11H,12-14H2,1-4H3,(H,22,25)(H,23,26)/p+1. The normalized spacial score (nSPS) is 10.7. The van der Waals surface area contributed by atoms with Gasteiger partial charge in [-0.2, -0.15) is 0 Å². The van der Waals surface area contributed by atoms with E-state index in [1.165, 1.54) is 10.5 Å². The van der Waals surface area contributed by atoms with Gasteiger partial charge >= 0.3 is 0 Å². The van der Waals surface area contributed by atoms with Gasteiger partial charge in [-0.3, -0.25) is 9.59 Å². The summed E-state index contributed by atoms with van der Waals surface area (Å²) in [5.41, 5.74) is 5.07. The third kappa shape index (κ3) is 6.01. The Morgan fingerprint density at radius 2 is 1.54 bits per heavy atom. The summed E-state index contributed by atoms with van der Waals surface area (Å²) in [6.45, 7) is 5.35. The predicted molar refractivity (Wildman–Crippen MR) is 103 cm³/mol. The first-order valence-electron chi connectivity index (χ1n) is 8.84. The van der Waals surface area contributed by atoms with Crippen LogP contribution in [0.5, 0.6) is 0 Å². The summed E-state index contributed by atoms with van der Waals surface area (Å²) in [5, 5.41) is 5.49. The Labute approximate surface area is 155 Å². The maximum atomic E-state index is 12.1. The average molecular weight is 354 g/mol. The van der Waals surface area contributed by atoms with Crippen LogP contribution in [0.2, 0.25) is 0 Å². The van der Waals surface area contributed by atoms with Gasteiger partial charge in [-0.25, -0.2) is 0 Å². The number of rotatable bonds is 7. The second-order valence-electron chi connectivity index (χ2n) is 6.96. The van der Waals surface area contributed by atoms with Crippen LogP contribution in [-0.2, 0) is 17.9 Å². The molecule has 2 aromatic carbocycles. The summed E-state index contributed by atoms with van der Waals surface area (Å²) < 4.78 is 0. The lowest BCUT2D eigenvalue weighted by atomic mass is 10.1. The highest BCUT2D eigenvalue weighted by Gasteiger charge is 2.09. The Morgan fingerprint density at radius 3 is 2.15 bits per heavy atom. The van der Waals surface area contributed by atoms with Gasteiger partial charge in [-0.05, 0) is 42.7 Å². The molecule has 2 amide bonds. The van der Waals surface area contributed by atoms with E-state index in [0.717, 1.165) is 23.2 Å². The minimum Gasteiger partial charge on any atom is -0.350 e. The maximum absolute atomic E-state index is 12.1. The topological polar surface area (TPSA) is 62.6 Å². The van der Waals surface area contributed by atoms with Crippen molar-refractivity contribution in [3.8, 4) is 0 Å². The fraction of sp³-hybridized carbons (Fsp3) is 0.333. The lowest BCUT2D eigenvalue weighted by Crippen LogP contribution is -3.04. The van der Waals surface area contributed by atoms with E-state index in [9.17, 15) is 9.59 Å². The van der Waals surface area contributed by atoms with Crippen molar-refractivity contribution >= 4 is 11.8 Å². The largest absolute Gasteiger partial charge is 0.350 e. The van der Waals surface area contributed by atoms with Crippen LogP contribution < -0.4 is 15.5 Å². The number of aryl methyl sites for hydroxylation is 2. The molecule has 0 saturated carbocycles. The lowest BCUT2D eigenvalue weighted by Gasteiger charge is -2.10. The molecule has 0 unspecified atom stereocenters. The lowest BCUT2D eigenvalue weighted by molar-refractivity contribution is -0.872. The second-order valence-corrected chi connectivity index (χ2v) is 6.96. The monoisotopic (exact) mass is 354 g/mol. The first kappa shape index (κ1) is 19.7. The van der Waals surface area contributed by atoms with E-state index < -0.39 is 0 Å². The van der Waals surface area contributed by atoms with Crippen LogP contribution in [0.15, 0.2) is 42.5 Å². The van der Waals surface area contributed by atoms with Gasteiger partial charge in [-0.1, -0.05) is 30.3 Å². The van der Waals surface area contributed by atoms with Gasteiger partial charge in [0, 0.05) is 17.7 Å². The Kier molecular flexibility index (Phi) is 6.92. The molecule has 3 N–H and O–H groups in total. The first-order valence-corrected chi connectivity index (χ1v) is 8.84. The summed E-state index contributed by atoms with van der Waals surface area (Å²) in [4.78, 5) is 25.4. The molecule has 0 atom stereocenters. The second kappa shape index (κ2) is 9.15. The van der Waals surface area contributed by atoms with E-state index in [2.05, 4.69) is 36.9 Å². The van der Waals surface area contributed by atoms with Crippen molar-refractivity contribution < 1.29 is 14.5 Å². The van der Waals surface area contributed by atoms with E-state index in [1.807, 2.05) is 38.1 Å². The highest BCUT2D eigenvalue weighted by Crippen LogP contribution is 2.09. The van der Waals surface area contributed by atoms with Crippen molar-refractivity contribution in [2.75, 3.05) is 20.6 Å². The molecule has 0 radical (unpaired) electrons. The summed E-state index contributed by atoms with van der Waals surface area (Å²) >= 11 is 0. The average Bonchev–Trinajstić information content (AvgIpc) is 2.61. The molecule has 0 aliphatic rings. The summed E-state index contributed by atoms with van der Waals surface area (Å²) in [7, 11) is 4.22. The van der Waals surface area contributed by atoms with E-state index in [1.54, 1.807) is 6.07 Å². The number of amides is 2. The van der Waals surface area contributed by atoms with Gasteiger partial charge in [0.2, 0.25) is 5.91 Å². The minimum atomic E-state index is -0.237. The smallest absolute Gasteiger partial charge is 0.251 e. The maximum Gasteiger partial charge on any atom is 0.251 e. The zero-order valence-corrected chi connectivity index (χ0v) is 16.0. The Balaban J connectivity index is 1.78. The van der Waals surface area contributed by atoms with Crippen LogP contribution in [0.1, 0.15) is 32.6 Å². The first-order chi connectivity index (χ1) is 12.3. The summed E-state index contributed by atoms with van der Waals surface area (Å²) in [5.74, 6) is -0.442. The third-order valence-corrected chi connectivity index (χ3v) is 4.25. The molecule has 2 aromatic rings. The zero-order chi connectivity index (χ0) is 19.1. The highest BCUT2D eigenvalue weighted by atomic mass is 16.2. The number of nitrogens with one attached hydrogen (secondary N) is 3. The van der Waals surface area contributed by atoms with Crippen molar-refractivity contribution in [2.45, 2.75) is 26.9 Å². The molecule has 0 fully saturated rings. The number of hydrogen-bond acceptors (Lipinski definition) is 2. The van der Waals surface area contributed by atoms with E-state index in [4.69, 9.17) is 0 Å². The van der Waals surface area contributed by atoms with Gasteiger partial charge in [0.25, 0.3) is 5.91 Å². The number of carbonyl (C=O) groups excluding carboxylic acids is 2. The summed E-state index contributed by atoms with van der Waals surface area (Å²) in [6, 6.07) is 13.7. The van der Waals surface area contributed by atoms with Crippen LogP contribution in [0.3, 0.4) is 0 Å². The molecule has 0 heterocycles. The van der Waals surface area contributed by atoms with Crippen molar-refractivity contribution in [3.05, 3.63) is 70.3 Å². The van der Waals surface area contributed by atoms with E-state index >= 15 is 0 Å². The molecule has 5 heteroatoms. The van der Waals surface area contributed by atoms with Crippen molar-refractivity contribution in [2.24, 2.45) is 0 Å².